The minimum atomic E-state index is 0.335. The molecule has 1 N–H and O–H groups in total. The van der Waals surface area contributed by atoms with Crippen LogP contribution < -0.4 is 5.32 Å². The number of ketones is 1. The van der Waals surface area contributed by atoms with Gasteiger partial charge in [-0.2, -0.15) is 0 Å². The normalized spacial score (nSPS) is 16.7. The van der Waals surface area contributed by atoms with Crippen molar-refractivity contribution in [3.05, 3.63) is 18.2 Å². The Morgan fingerprint density at radius 2 is 2.26 bits per heavy atom. The predicted molar refractivity (Wildman–Crippen MR) is 76.1 cm³/mol. The fourth-order valence-electron chi connectivity index (χ4n) is 2.75. The lowest BCUT2D eigenvalue weighted by molar-refractivity contribution is -0.118. The molecule has 0 aromatic carbocycles. The summed E-state index contributed by atoms with van der Waals surface area (Å²) in [5.41, 5.74) is 0. The van der Waals surface area contributed by atoms with Crippen LogP contribution in [-0.4, -0.2) is 28.4 Å². The van der Waals surface area contributed by atoms with E-state index in [0.717, 1.165) is 44.2 Å². The van der Waals surface area contributed by atoms with Crippen LogP contribution in [0.3, 0.4) is 0 Å². The zero-order chi connectivity index (χ0) is 13.5. The first kappa shape index (κ1) is 14.3. The summed E-state index contributed by atoms with van der Waals surface area (Å²) < 4.78 is 2.10. The number of Topliss-reactive ketones (excluding diaryl/α,β-unsaturated/α-hetero) is 1. The average Bonchev–Trinajstić information content (AvgIpc) is 2.85. The molecule has 0 amide bonds. The van der Waals surface area contributed by atoms with Gasteiger partial charge in [-0.1, -0.05) is 6.92 Å². The standard InChI is InChI=1S/C15H25N3O/c1-2-10-18-11-9-17-15(18)12-14(19)4-3-13-5-7-16-8-6-13/h9,11,13,16H,2-8,10,12H2,1H3. The molecular weight excluding hydrogens is 238 g/mol. The minimum Gasteiger partial charge on any atom is -0.335 e. The third-order valence-corrected chi connectivity index (χ3v) is 3.91. The molecule has 2 rings (SSSR count). The summed E-state index contributed by atoms with van der Waals surface area (Å²) in [6, 6.07) is 0. The molecule has 106 valence electrons. The number of rotatable bonds is 7. The van der Waals surface area contributed by atoms with Crippen LogP contribution >= 0.6 is 0 Å². The number of carbonyl (C=O) groups is 1. The molecule has 0 bridgehead atoms. The van der Waals surface area contributed by atoms with E-state index in [4.69, 9.17) is 0 Å². The van der Waals surface area contributed by atoms with Crippen LogP contribution in [0, 0.1) is 5.92 Å². The molecule has 4 nitrogen and oxygen atoms in total. The number of aryl methyl sites for hydroxylation is 1. The first-order chi connectivity index (χ1) is 9.29. The van der Waals surface area contributed by atoms with Gasteiger partial charge in [0.05, 0.1) is 6.42 Å². The quantitative estimate of drug-likeness (QED) is 0.820. The van der Waals surface area contributed by atoms with Gasteiger partial charge in [-0.25, -0.2) is 4.98 Å². The molecule has 1 fully saturated rings. The van der Waals surface area contributed by atoms with Crippen molar-refractivity contribution in [2.24, 2.45) is 5.92 Å². The highest BCUT2D eigenvalue weighted by Crippen LogP contribution is 2.18. The minimum absolute atomic E-state index is 0.335. The second-order valence-electron chi connectivity index (χ2n) is 5.48. The van der Waals surface area contributed by atoms with Crippen LogP contribution in [0.15, 0.2) is 12.4 Å². The van der Waals surface area contributed by atoms with Crippen molar-refractivity contribution in [1.29, 1.82) is 0 Å². The largest absolute Gasteiger partial charge is 0.335 e. The van der Waals surface area contributed by atoms with Crippen molar-refractivity contribution < 1.29 is 4.79 Å². The van der Waals surface area contributed by atoms with E-state index in [1.165, 1.54) is 12.8 Å². The summed E-state index contributed by atoms with van der Waals surface area (Å²) in [7, 11) is 0. The lowest BCUT2D eigenvalue weighted by atomic mass is 9.92. The Morgan fingerprint density at radius 3 is 3.00 bits per heavy atom. The van der Waals surface area contributed by atoms with Crippen LogP contribution in [0.5, 0.6) is 0 Å². The number of carbonyl (C=O) groups excluding carboxylic acids is 1. The van der Waals surface area contributed by atoms with Crippen LogP contribution in [-0.2, 0) is 17.8 Å². The summed E-state index contributed by atoms with van der Waals surface area (Å²) >= 11 is 0. The van der Waals surface area contributed by atoms with Crippen LogP contribution in [0.25, 0.3) is 0 Å². The smallest absolute Gasteiger partial charge is 0.140 e. The van der Waals surface area contributed by atoms with Gasteiger partial charge in [0.1, 0.15) is 11.6 Å². The summed E-state index contributed by atoms with van der Waals surface area (Å²) in [6.45, 7) is 5.32. The fourth-order valence-corrected chi connectivity index (χ4v) is 2.75. The summed E-state index contributed by atoms with van der Waals surface area (Å²) in [5, 5.41) is 3.36. The fraction of sp³-hybridized carbons (Fsp3) is 0.733. The van der Waals surface area contributed by atoms with Gasteiger partial charge in [-0.15, -0.1) is 0 Å². The van der Waals surface area contributed by atoms with Crippen molar-refractivity contribution in [2.75, 3.05) is 13.1 Å². The van der Waals surface area contributed by atoms with E-state index < -0.39 is 0 Å². The molecule has 1 aliphatic rings. The number of hydrogen-bond donors (Lipinski definition) is 1. The van der Waals surface area contributed by atoms with Crippen molar-refractivity contribution >= 4 is 5.78 Å². The molecule has 0 unspecified atom stereocenters. The molecule has 0 aliphatic carbocycles. The lowest BCUT2D eigenvalue weighted by Crippen LogP contribution is -2.28. The maximum Gasteiger partial charge on any atom is 0.140 e. The van der Waals surface area contributed by atoms with Crippen molar-refractivity contribution in [1.82, 2.24) is 14.9 Å². The third kappa shape index (κ3) is 4.46. The van der Waals surface area contributed by atoms with Gasteiger partial charge < -0.3 is 9.88 Å². The molecule has 19 heavy (non-hydrogen) atoms. The predicted octanol–water partition coefficient (Wildman–Crippen LogP) is 2.18. The molecule has 0 saturated carbocycles. The number of hydrogen-bond acceptors (Lipinski definition) is 3. The highest BCUT2D eigenvalue weighted by molar-refractivity contribution is 5.80. The van der Waals surface area contributed by atoms with Crippen molar-refractivity contribution in [2.45, 2.75) is 52.0 Å². The Kier molecular flexibility index (Phi) is 5.58. The molecule has 1 aromatic heterocycles. The van der Waals surface area contributed by atoms with E-state index in [1.54, 1.807) is 6.20 Å². The van der Waals surface area contributed by atoms with E-state index in [0.29, 0.717) is 18.6 Å². The Hall–Kier alpha value is -1.16. The van der Waals surface area contributed by atoms with E-state index in [-0.39, 0.29) is 0 Å². The van der Waals surface area contributed by atoms with E-state index in [1.807, 2.05) is 6.20 Å². The molecule has 0 atom stereocenters. The van der Waals surface area contributed by atoms with E-state index >= 15 is 0 Å². The Morgan fingerprint density at radius 1 is 1.47 bits per heavy atom. The second-order valence-corrected chi connectivity index (χ2v) is 5.48. The van der Waals surface area contributed by atoms with E-state index in [9.17, 15) is 4.79 Å². The van der Waals surface area contributed by atoms with Crippen molar-refractivity contribution in [3.63, 3.8) is 0 Å². The van der Waals surface area contributed by atoms with Crippen LogP contribution in [0.2, 0.25) is 0 Å². The molecule has 1 aliphatic heterocycles. The van der Waals surface area contributed by atoms with Crippen LogP contribution in [0.1, 0.15) is 44.9 Å². The maximum atomic E-state index is 12.0. The summed E-state index contributed by atoms with van der Waals surface area (Å²) in [6.07, 6.45) is 9.54. The SMILES string of the molecule is CCCn1ccnc1CC(=O)CCC1CCNCC1. The van der Waals surface area contributed by atoms with Gasteiger partial charge in [0, 0.05) is 25.4 Å². The molecule has 4 heteroatoms. The van der Waals surface area contributed by atoms with Gasteiger partial charge in [-0.3, -0.25) is 4.79 Å². The number of imidazole rings is 1. The second kappa shape index (κ2) is 7.43. The topological polar surface area (TPSA) is 46.9 Å². The molecule has 1 aromatic rings. The number of nitrogens with zero attached hydrogens (tertiary/aromatic N) is 2. The number of nitrogens with one attached hydrogen (secondary N) is 1. The number of piperidine rings is 1. The van der Waals surface area contributed by atoms with E-state index in [2.05, 4.69) is 21.8 Å². The molecule has 2 heterocycles. The zero-order valence-electron chi connectivity index (χ0n) is 11.9. The maximum absolute atomic E-state index is 12.0. The Balaban J connectivity index is 1.75. The Bertz CT molecular complexity index is 394. The monoisotopic (exact) mass is 263 g/mol. The van der Waals surface area contributed by atoms with Gasteiger partial charge >= 0.3 is 0 Å². The lowest BCUT2D eigenvalue weighted by Gasteiger charge is -2.22. The van der Waals surface area contributed by atoms with Gasteiger partial charge in [0.25, 0.3) is 0 Å². The molecular formula is C15H25N3O. The first-order valence-corrected chi connectivity index (χ1v) is 7.52. The zero-order valence-corrected chi connectivity index (χ0v) is 11.9. The first-order valence-electron chi connectivity index (χ1n) is 7.52. The third-order valence-electron chi connectivity index (χ3n) is 3.91. The molecule has 1 saturated heterocycles. The van der Waals surface area contributed by atoms with Gasteiger partial charge in [-0.05, 0) is 44.7 Å². The number of aromatic nitrogens is 2. The van der Waals surface area contributed by atoms with Gasteiger partial charge in [0.15, 0.2) is 0 Å². The molecule has 0 radical (unpaired) electrons. The van der Waals surface area contributed by atoms with Crippen LogP contribution in [0.4, 0.5) is 0 Å². The highest BCUT2D eigenvalue weighted by atomic mass is 16.1. The molecule has 0 spiro atoms. The van der Waals surface area contributed by atoms with Gasteiger partial charge in [0.2, 0.25) is 0 Å². The summed E-state index contributed by atoms with van der Waals surface area (Å²) in [4.78, 5) is 16.3. The highest BCUT2D eigenvalue weighted by Gasteiger charge is 2.15. The van der Waals surface area contributed by atoms with Crippen molar-refractivity contribution in [3.8, 4) is 0 Å². The average molecular weight is 263 g/mol. The summed E-state index contributed by atoms with van der Waals surface area (Å²) in [5.74, 6) is 2.00. The Labute approximate surface area is 115 Å².